The Hall–Kier alpha value is -1.77. The topological polar surface area (TPSA) is 38.7 Å². The minimum Gasteiger partial charge on any atom is -0.225 e. The Balaban J connectivity index is 0.000000509. The molecule has 2 rings (SSSR count). The van der Waals surface area contributed by atoms with E-state index < -0.39 is 0 Å². The average Bonchev–Trinajstić information content (AvgIpc) is 2.45. The highest BCUT2D eigenvalue weighted by Crippen LogP contribution is 2.10. The Kier molecular flexibility index (Phi) is 8.69. The average molecular weight is 217 g/mol. The van der Waals surface area contributed by atoms with Gasteiger partial charge in [0.05, 0.1) is 0 Å². The minimum atomic E-state index is 0.714. The highest BCUT2D eigenvalue weighted by atomic mass is 15.0. The van der Waals surface area contributed by atoms with Crippen molar-refractivity contribution in [3.63, 3.8) is 0 Å². The number of benzene rings is 1. The molecule has 86 valence electrons. The molecule has 0 aliphatic heterocycles. The van der Waals surface area contributed by atoms with E-state index in [2.05, 4.69) is 15.0 Å². The molecular formula is C13H19N3. The van der Waals surface area contributed by atoms with Crippen molar-refractivity contribution in [2.45, 2.75) is 27.7 Å². The molecule has 16 heavy (non-hydrogen) atoms. The fraction of sp³-hybridized carbons (Fsp3) is 0.308. The summed E-state index contributed by atoms with van der Waals surface area (Å²) in [5.74, 6) is 0.714. The summed E-state index contributed by atoms with van der Waals surface area (Å²) in [7, 11) is 0. The molecule has 1 aromatic carbocycles. The molecular weight excluding hydrogens is 198 g/mol. The summed E-state index contributed by atoms with van der Waals surface area (Å²) in [5.41, 5.74) is 1.01. The number of rotatable bonds is 1. The minimum absolute atomic E-state index is 0.714. The van der Waals surface area contributed by atoms with E-state index in [1.807, 2.05) is 58.0 Å². The van der Waals surface area contributed by atoms with E-state index in [-0.39, 0.29) is 0 Å². The molecule has 0 aliphatic rings. The van der Waals surface area contributed by atoms with Crippen molar-refractivity contribution < 1.29 is 0 Å². The third-order valence-electron chi connectivity index (χ3n) is 1.53. The lowest BCUT2D eigenvalue weighted by molar-refractivity contribution is 1.06. The molecule has 0 amide bonds. The van der Waals surface area contributed by atoms with Crippen LogP contribution in [0.2, 0.25) is 0 Å². The van der Waals surface area contributed by atoms with E-state index in [1.54, 1.807) is 0 Å². The van der Waals surface area contributed by atoms with Gasteiger partial charge in [0.2, 0.25) is 0 Å². The zero-order valence-electron chi connectivity index (χ0n) is 10.4. The molecule has 0 spiro atoms. The van der Waals surface area contributed by atoms with Gasteiger partial charge in [-0.3, -0.25) is 0 Å². The summed E-state index contributed by atoms with van der Waals surface area (Å²) in [6.07, 6.45) is 2.99. The highest BCUT2D eigenvalue weighted by molar-refractivity contribution is 5.53. The lowest BCUT2D eigenvalue weighted by atomic mass is 10.2. The molecule has 3 nitrogen and oxygen atoms in total. The predicted octanol–water partition coefficient (Wildman–Crippen LogP) is 3.59. The van der Waals surface area contributed by atoms with E-state index in [4.69, 9.17) is 0 Å². The third kappa shape index (κ3) is 4.64. The van der Waals surface area contributed by atoms with Crippen molar-refractivity contribution in [3.8, 4) is 11.4 Å². The maximum absolute atomic E-state index is 4.03. The molecule has 0 radical (unpaired) electrons. The largest absolute Gasteiger partial charge is 0.225 e. The fourth-order valence-corrected chi connectivity index (χ4v) is 0.975. The van der Waals surface area contributed by atoms with Crippen molar-refractivity contribution >= 4 is 0 Å². The van der Waals surface area contributed by atoms with Crippen molar-refractivity contribution in [3.05, 3.63) is 43.0 Å². The van der Waals surface area contributed by atoms with E-state index in [9.17, 15) is 0 Å². The van der Waals surface area contributed by atoms with Gasteiger partial charge in [0.1, 0.15) is 12.7 Å². The third-order valence-corrected chi connectivity index (χ3v) is 1.53. The monoisotopic (exact) mass is 217 g/mol. The van der Waals surface area contributed by atoms with Crippen molar-refractivity contribution in [1.82, 2.24) is 15.0 Å². The lowest BCUT2D eigenvalue weighted by Crippen LogP contribution is -1.87. The molecule has 1 heterocycles. The van der Waals surface area contributed by atoms with Crippen LogP contribution in [0.15, 0.2) is 43.0 Å². The lowest BCUT2D eigenvalue weighted by Gasteiger charge is -1.95. The number of hydrogen-bond acceptors (Lipinski definition) is 3. The van der Waals surface area contributed by atoms with Crippen LogP contribution in [0.3, 0.4) is 0 Å². The van der Waals surface area contributed by atoms with Crippen molar-refractivity contribution in [1.29, 1.82) is 0 Å². The van der Waals surface area contributed by atoms with Crippen LogP contribution in [0, 0.1) is 0 Å². The molecule has 0 unspecified atom stereocenters. The van der Waals surface area contributed by atoms with Gasteiger partial charge in [-0.1, -0.05) is 58.0 Å². The van der Waals surface area contributed by atoms with Crippen LogP contribution in [0.25, 0.3) is 11.4 Å². The van der Waals surface area contributed by atoms with Crippen LogP contribution >= 0.6 is 0 Å². The SMILES string of the molecule is CC.CC.c1ccc(-c2ncncn2)cc1. The molecule has 1 aromatic heterocycles. The van der Waals surface area contributed by atoms with Gasteiger partial charge in [0.15, 0.2) is 5.82 Å². The fourth-order valence-electron chi connectivity index (χ4n) is 0.975. The van der Waals surface area contributed by atoms with E-state index in [1.165, 1.54) is 12.7 Å². The van der Waals surface area contributed by atoms with E-state index >= 15 is 0 Å². The summed E-state index contributed by atoms with van der Waals surface area (Å²) in [6, 6.07) is 9.81. The van der Waals surface area contributed by atoms with Gasteiger partial charge in [0, 0.05) is 5.56 Å². The first-order valence-corrected chi connectivity index (χ1v) is 5.64. The first-order valence-electron chi connectivity index (χ1n) is 5.64. The molecule has 0 atom stereocenters. The number of hydrogen-bond donors (Lipinski definition) is 0. The van der Waals surface area contributed by atoms with Gasteiger partial charge in [0.25, 0.3) is 0 Å². The van der Waals surface area contributed by atoms with Crippen LogP contribution in [-0.2, 0) is 0 Å². The Labute approximate surface area is 97.6 Å². The Morgan fingerprint density at radius 2 is 1.25 bits per heavy atom. The van der Waals surface area contributed by atoms with Crippen LogP contribution in [-0.4, -0.2) is 15.0 Å². The molecule has 2 aromatic rings. The van der Waals surface area contributed by atoms with Gasteiger partial charge in [-0.25, -0.2) is 15.0 Å². The first-order chi connectivity index (χ1) is 7.97. The second-order valence-electron chi connectivity index (χ2n) is 2.33. The van der Waals surface area contributed by atoms with Crippen LogP contribution in [0.4, 0.5) is 0 Å². The Morgan fingerprint density at radius 3 is 1.75 bits per heavy atom. The molecule has 0 bridgehead atoms. The molecule has 0 saturated heterocycles. The van der Waals surface area contributed by atoms with Crippen LogP contribution in [0.5, 0.6) is 0 Å². The number of nitrogens with zero attached hydrogens (tertiary/aromatic N) is 3. The maximum Gasteiger partial charge on any atom is 0.162 e. The van der Waals surface area contributed by atoms with Gasteiger partial charge in [-0.15, -0.1) is 0 Å². The van der Waals surface area contributed by atoms with Gasteiger partial charge in [-0.05, 0) is 0 Å². The van der Waals surface area contributed by atoms with Crippen molar-refractivity contribution in [2.75, 3.05) is 0 Å². The predicted molar refractivity (Wildman–Crippen MR) is 68.0 cm³/mol. The van der Waals surface area contributed by atoms with Crippen LogP contribution < -0.4 is 0 Å². The van der Waals surface area contributed by atoms with Crippen LogP contribution in [0.1, 0.15) is 27.7 Å². The zero-order chi connectivity index (χ0) is 12.2. The summed E-state index contributed by atoms with van der Waals surface area (Å²) in [6.45, 7) is 8.00. The summed E-state index contributed by atoms with van der Waals surface area (Å²) < 4.78 is 0. The Bertz CT molecular complexity index is 309. The summed E-state index contributed by atoms with van der Waals surface area (Å²) >= 11 is 0. The maximum atomic E-state index is 4.03. The molecule has 0 fully saturated rings. The zero-order valence-corrected chi connectivity index (χ0v) is 10.4. The second kappa shape index (κ2) is 9.77. The number of aromatic nitrogens is 3. The summed E-state index contributed by atoms with van der Waals surface area (Å²) in [4.78, 5) is 11.8. The Morgan fingerprint density at radius 1 is 0.750 bits per heavy atom. The first kappa shape index (κ1) is 14.2. The van der Waals surface area contributed by atoms with Crippen molar-refractivity contribution in [2.24, 2.45) is 0 Å². The molecule has 3 heteroatoms. The van der Waals surface area contributed by atoms with Gasteiger partial charge >= 0.3 is 0 Å². The second-order valence-corrected chi connectivity index (χ2v) is 2.33. The molecule has 0 N–H and O–H groups in total. The smallest absolute Gasteiger partial charge is 0.162 e. The quantitative estimate of drug-likeness (QED) is 0.732. The van der Waals surface area contributed by atoms with Gasteiger partial charge < -0.3 is 0 Å². The highest BCUT2D eigenvalue weighted by Gasteiger charge is 1.95. The van der Waals surface area contributed by atoms with E-state index in [0.29, 0.717) is 5.82 Å². The van der Waals surface area contributed by atoms with E-state index in [0.717, 1.165) is 5.56 Å². The molecule has 0 aliphatic carbocycles. The van der Waals surface area contributed by atoms with Gasteiger partial charge in [-0.2, -0.15) is 0 Å². The molecule has 0 saturated carbocycles. The summed E-state index contributed by atoms with van der Waals surface area (Å²) in [5, 5.41) is 0. The normalized spacial score (nSPS) is 8.00. The standard InChI is InChI=1S/C9H7N3.2C2H6/c1-2-4-8(5-3-1)9-11-6-10-7-12-9;2*1-2/h1-7H;2*1-2H3.